The number of carbonyl (C=O) groups excluding carboxylic acids is 2. The third-order valence-electron chi connectivity index (χ3n) is 3.65. The van der Waals surface area contributed by atoms with Crippen molar-refractivity contribution >= 4 is 29.5 Å². The molecule has 6 nitrogen and oxygen atoms in total. The van der Waals surface area contributed by atoms with E-state index in [4.69, 9.17) is 21.1 Å². The highest BCUT2D eigenvalue weighted by molar-refractivity contribution is 6.31. The highest BCUT2D eigenvalue weighted by Crippen LogP contribution is 2.27. The number of hydrazine groups is 1. The maximum atomic E-state index is 12.2. The molecule has 7 heteroatoms. The van der Waals surface area contributed by atoms with Gasteiger partial charge < -0.3 is 9.47 Å². The zero-order valence-electron chi connectivity index (χ0n) is 15.3. The quantitative estimate of drug-likeness (QED) is 0.586. The Morgan fingerprint density at radius 1 is 1.11 bits per heavy atom. The van der Waals surface area contributed by atoms with E-state index in [-0.39, 0.29) is 0 Å². The van der Waals surface area contributed by atoms with Crippen molar-refractivity contribution in [1.82, 2.24) is 10.9 Å². The van der Waals surface area contributed by atoms with Gasteiger partial charge in [-0.2, -0.15) is 0 Å². The lowest BCUT2D eigenvalue weighted by Crippen LogP contribution is -2.40. The molecule has 0 spiro atoms. The number of rotatable bonds is 6. The van der Waals surface area contributed by atoms with Gasteiger partial charge in [-0.15, -0.1) is 0 Å². The second-order valence-electron chi connectivity index (χ2n) is 5.58. The van der Waals surface area contributed by atoms with E-state index < -0.39 is 11.8 Å². The fourth-order valence-corrected chi connectivity index (χ4v) is 2.39. The van der Waals surface area contributed by atoms with Crippen LogP contribution in [0.3, 0.4) is 0 Å². The minimum Gasteiger partial charge on any atom is -0.493 e. The van der Waals surface area contributed by atoms with E-state index in [0.717, 1.165) is 11.1 Å². The van der Waals surface area contributed by atoms with Gasteiger partial charge in [0.2, 0.25) is 0 Å². The van der Waals surface area contributed by atoms with E-state index >= 15 is 0 Å². The summed E-state index contributed by atoms with van der Waals surface area (Å²) in [5.41, 5.74) is 6.73. The van der Waals surface area contributed by atoms with Gasteiger partial charge >= 0.3 is 0 Å². The van der Waals surface area contributed by atoms with Crippen LogP contribution < -0.4 is 20.3 Å². The molecule has 0 aliphatic carbocycles. The van der Waals surface area contributed by atoms with Gasteiger partial charge in [0, 0.05) is 16.7 Å². The lowest BCUT2D eigenvalue weighted by Gasteiger charge is -2.11. The Hall–Kier alpha value is -2.99. The summed E-state index contributed by atoms with van der Waals surface area (Å²) in [5, 5.41) is 0.621. The fraction of sp³-hybridized carbons (Fsp3) is 0.200. The molecule has 0 saturated heterocycles. The molecular weight excluding hydrogens is 368 g/mol. The molecule has 2 aromatic carbocycles. The molecule has 142 valence electrons. The smallest absolute Gasteiger partial charge is 0.269 e. The van der Waals surface area contributed by atoms with Crippen LogP contribution in [0, 0.1) is 6.92 Å². The molecule has 2 aromatic rings. The van der Waals surface area contributed by atoms with Crippen LogP contribution in [0.4, 0.5) is 0 Å². The number of methoxy groups -OCH3 is 1. The molecule has 27 heavy (non-hydrogen) atoms. The average molecular weight is 389 g/mol. The van der Waals surface area contributed by atoms with Crippen LogP contribution in [-0.2, 0) is 4.79 Å². The number of benzene rings is 2. The van der Waals surface area contributed by atoms with Gasteiger partial charge in [0.15, 0.2) is 11.5 Å². The molecule has 0 aliphatic rings. The molecule has 2 amide bonds. The molecule has 0 fully saturated rings. The van der Waals surface area contributed by atoms with Crippen LogP contribution >= 0.6 is 11.6 Å². The molecule has 2 rings (SSSR count). The number of amides is 2. The van der Waals surface area contributed by atoms with Crippen molar-refractivity contribution in [3.63, 3.8) is 0 Å². The summed E-state index contributed by atoms with van der Waals surface area (Å²) in [6.07, 6.45) is 2.91. The van der Waals surface area contributed by atoms with Crippen LogP contribution in [0.5, 0.6) is 11.5 Å². The zero-order valence-corrected chi connectivity index (χ0v) is 16.1. The van der Waals surface area contributed by atoms with Gasteiger partial charge in [0.25, 0.3) is 11.8 Å². The Morgan fingerprint density at radius 2 is 1.89 bits per heavy atom. The van der Waals surface area contributed by atoms with Gasteiger partial charge in [-0.1, -0.05) is 23.7 Å². The van der Waals surface area contributed by atoms with Crippen LogP contribution in [0.15, 0.2) is 42.5 Å². The molecule has 0 radical (unpaired) electrons. The number of aryl methyl sites for hydroxylation is 1. The van der Waals surface area contributed by atoms with Gasteiger partial charge in [-0.3, -0.25) is 20.4 Å². The van der Waals surface area contributed by atoms with E-state index in [2.05, 4.69) is 10.9 Å². The Balaban J connectivity index is 1.95. The molecule has 0 unspecified atom stereocenters. The van der Waals surface area contributed by atoms with E-state index in [1.165, 1.54) is 19.3 Å². The summed E-state index contributed by atoms with van der Waals surface area (Å²) in [5.74, 6) is 0.0293. The first-order chi connectivity index (χ1) is 12.9. The highest BCUT2D eigenvalue weighted by atomic mass is 35.5. The van der Waals surface area contributed by atoms with Crippen LogP contribution in [-0.4, -0.2) is 25.5 Å². The third-order valence-corrected chi connectivity index (χ3v) is 4.06. The minimum atomic E-state index is -0.475. The standard InChI is InChI=1S/C20H21ClN2O4/c1-4-27-17-9-8-15(12-18(17)26-3)20(25)23-22-19(24)10-7-14-6-5-13(2)16(21)11-14/h5-12H,4H2,1-3H3,(H,22,24)(H,23,25)/b10-7+. The predicted molar refractivity (Wildman–Crippen MR) is 105 cm³/mol. The van der Waals surface area contributed by atoms with Crippen molar-refractivity contribution in [2.75, 3.05) is 13.7 Å². The van der Waals surface area contributed by atoms with E-state index in [0.29, 0.717) is 28.7 Å². The molecule has 0 atom stereocenters. The second kappa shape index (κ2) is 9.64. The zero-order chi connectivity index (χ0) is 19.8. The number of hydrogen-bond donors (Lipinski definition) is 2. The summed E-state index contributed by atoms with van der Waals surface area (Å²) >= 11 is 6.04. The molecule has 2 N–H and O–H groups in total. The Labute approximate surface area is 163 Å². The van der Waals surface area contributed by atoms with Crippen molar-refractivity contribution in [2.45, 2.75) is 13.8 Å². The average Bonchev–Trinajstić information content (AvgIpc) is 2.67. The largest absolute Gasteiger partial charge is 0.493 e. The summed E-state index contributed by atoms with van der Waals surface area (Å²) < 4.78 is 10.6. The molecule has 0 heterocycles. The Kier molecular flexibility index (Phi) is 7.25. The highest BCUT2D eigenvalue weighted by Gasteiger charge is 2.11. The Bertz CT molecular complexity index is 865. The van der Waals surface area contributed by atoms with E-state index in [1.807, 2.05) is 26.0 Å². The summed E-state index contributed by atoms with van der Waals surface area (Å²) in [6, 6.07) is 10.2. The van der Waals surface area contributed by atoms with Crippen LogP contribution in [0.25, 0.3) is 6.08 Å². The van der Waals surface area contributed by atoms with Crippen molar-refractivity contribution in [2.24, 2.45) is 0 Å². The summed E-state index contributed by atoms with van der Waals surface area (Å²) in [4.78, 5) is 24.1. The van der Waals surface area contributed by atoms with Crippen LogP contribution in [0.2, 0.25) is 5.02 Å². The van der Waals surface area contributed by atoms with Crippen molar-refractivity contribution in [3.05, 3.63) is 64.2 Å². The molecule has 0 saturated carbocycles. The Morgan fingerprint density at radius 3 is 2.56 bits per heavy atom. The van der Waals surface area contributed by atoms with E-state index in [9.17, 15) is 9.59 Å². The van der Waals surface area contributed by atoms with Crippen LogP contribution in [0.1, 0.15) is 28.4 Å². The first-order valence-electron chi connectivity index (χ1n) is 8.30. The predicted octanol–water partition coefficient (Wildman–Crippen LogP) is 3.53. The first-order valence-corrected chi connectivity index (χ1v) is 8.67. The molecule has 0 aliphatic heterocycles. The topological polar surface area (TPSA) is 76.7 Å². The van der Waals surface area contributed by atoms with Gasteiger partial charge in [-0.25, -0.2) is 0 Å². The number of halogens is 1. The number of nitrogens with one attached hydrogen (secondary N) is 2. The molecule has 0 aromatic heterocycles. The lowest BCUT2D eigenvalue weighted by atomic mass is 10.1. The maximum absolute atomic E-state index is 12.2. The summed E-state index contributed by atoms with van der Waals surface area (Å²) in [7, 11) is 1.49. The number of hydrogen-bond acceptors (Lipinski definition) is 4. The minimum absolute atomic E-state index is 0.324. The third kappa shape index (κ3) is 5.76. The number of ether oxygens (including phenoxy) is 2. The normalized spacial score (nSPS) is 10.5. The molecule has 0 bridgehead atoms. The van der Waals surface area contributed by atoms with Gasteiger partial charge in [-0.05, 0) is 55.3 Å². The second-order valence-corrected chi connectivity index (χ2v) is 5.99. The van der Waals surface area contributed by atoms with Gasteiger partial charge in [0.05, 0.1) is 13.7 Å². The maximum Gasteiger partial charge on any atom is 0.269 e. The molecular formula is C20H21ClN2O4. The fourth-order valence-electron chi connectivity index (χ4n) is 2.20. The van der Waals surface area contributed by atoms with Gasteiger partial charge in [0.1, 0.15) is 0 Å². The van der Waals surface area contributed by atoms with Crippen molar-refractivity contribution in [1.29, 1.82) is 0 Å². The monoisotopic (exact) mass is 388 g/mol. The summed E-state index contributed by atoms with van der Waals surface area (Å²) in [6.45, 7) is 4.23. The first kappa shape index (κ1) is 20.3. The van der Waals surface area contributed by atoms with Crippen molar-refractivity contribution < 1.29 is 19.1 Å². The number of carbonyl (C=O) groups is 2. The van der Waals surface area contributed by atoms with Crippen molar-refractivity contribution in [3.8, 4) is 11.5 Å². The lowest BCUT2D eigenvalue weighted by molar-refractivity contribution is -0.117. The SMILES string of the molecule is CCOc1ccc(C(=O)NNC(=O)/C=C/c2ccc(C)c(Cl)c2)cc1OC. The van der Waals surface area contributed by atoms with E-state index in [1.54, 1.807) is 24.3 Å².